The Morgan fingerprint density at radius 1 is 1.43 bits per heavy atom. The molecule has 1 amide bonds. The highest BCUT2D eigenvalue weighted by Crippen LogP contribution is 2.22. The number of hydrogen-bond acceptors (Lipinski definition) is 4. The van der Waals surface area contributed by atoms with Gasteiger partial charge in [0.1, 0.15) is 11.4 Å². The third-order valence-electron chi connectivity index (χ3n) is 3.67. The molecular weight excluding hydrogens is 290 g/mol. The zero-order valence-corrected chi connectivity index (χ0v) is 14.3. The second kappa shape index (κ2) is 6.91. The molecule has 0 saturated carbocycles. The number of carbonyl (C=O) groups excluding carboxylic acids is 1. The second-order valence-electron chi connectivity index (χ2n) is 6.94. The van der Waals surface area contributed by atoms with Crippen molar-refractivity contribution in [3.8, 4) is 12.3 Å². The molecule has 0 aromatic carbocycles. The molecule has 0 bridgehead atoms. The van der Waals surface area contributed by atoms with Crippen molar-refractivity contribution in [2.24, 2.45) is 0 Å². The van der Waals surface area contributed by atoms with Crippen LogP contribution in [0.1, 0.15) is 44.7 Å². The molecule has 1 aliphatic heterocycles. The Morgan fingerprint density at radius 2 is 2.09 bits per heavy atom. The molecule has 0 unspecified atom stereocenters. The summed E-state index contributed by atoms with van der Waals surface area (Å²) in [6, 6.07) is 2.11. The Kier molecular flexibility index (Phi) is 5.15. The molecule has 0 aliphatic carbocycles. The van der Waals surface area contributed by atoms with Crippen LogP contribution in [0.2, 0.25) is 0 Å². The molecular formula is C18H25N3O2. The predicted octanol–water partition coefficient (Wildman–Crippen LogP) is 2.86. The second-order valence-corrected chi connectivity index (χ2v) is 6.94. The molecule has 5 heteroatoms. The number of aromatic nitrogens is 1. The number of anilines is 1. The van der Waals surface area contributed by atoms with E-state index >= 15 is 0 Å². The summed E-state index contributed by atoms with van der Waals surface area (Å²) < 4.78 is 5.30. The SMILES string of the molecule is C#Cc1cc(C)cnc1N1CCC(NC(=O)OC(C)(C)C)CC1. The Hall–Kier alpha value is -2.22. The van der Waals surface area contributed by atoms with Crippen LogP contribution in [-0.2, 0) is 4.74 Å². The number of aryl methyl sites for hydroxylation is 1. The monoisotopic (exact) mass is 315 g/mol. The van der Waals surface area contributed by atoms with Gasteiger partial charge in [-0.15, -0.1) is 6.42 Å². The van der Waals surface area contributed by atoms with E-state index in [4.69, 9.17) is 11.2 Å². The van der Waals surface area contributed by atoms with E-state index in [1.54, 1.807) is 0 Å². The van der Waals surface area contributed by atoms with E-state index in [9.17, 15) is 4.79 Å². The van der Waals surface area contributed by atoms with Crippen LogP contribution in [0.3, 0.4) is 0 Å². The Morgan fingerprint density at radius 3 is 2.65 bits per heavy atom. The average Bonchev–Trinajstić information content (AvgIpc) is 2.46. The molecule has 5 nitrogen and oxygen atoms in total. The molecule has 2 heterocycles. The molecule has 124 valence electrons. The van der Waals surface area contributed by atoms with Gasteiger partial charge in [0.15, 0.2) is 0 Å². The number of amides is 1. The van der Waals surface area contributed by atoms with Crippen molar-refractivity contribution in [2.75, 3.05) is 18.0 Å². The maximum Gasteiger partial charge on any atom is 0.407 e. The zero-order valence-electron chi connectivity index (χ0n) is 14.3. The lowest BCUT2D eigenvalue weighted by atomic mass is 10.0. The van der Waals surface area contributed by atoms with Gasteiger partial charge in [0.25, 0.3) is 0 Å². The minimum absolute atomic E-state index is 0.126. The number of ether oxygens (including phenoxy) is 1. The lowest BCUT2D eigenvalue weighted by Gasteiger charge is -2.34. The van der Waals surface area contributed by atoms with Crippen LogP contribution in [0.25, 0.3) is 0 Å². The summed E-state index contributed by atoms with van der Waals surface area (Å²) in [7, 11) is 0. The number of nitrogens with one attached hydrogen (secondary N) is 1. The van der Waals surface area contributed by atoms with Gasteiger partial charge in [0, 0.05) is 25.3 Å². The molecule has 1 saturated heterocycles. The molecule has 0 radical (unpaired) electrons. The molecule has 23 heavy (non-hydrogen) atoms. The number of piperidine rings is 1. The molecule has 1 aromatic heterocycles. The first-order valence-electron chi connectivity index (χ1n) is 7.96. The van der Waals surface area contributed by atoms with Crippen molar-refractivity contribution in [1.29, 1.82) is 0 Å². The van der Waals surface area contributed by atoms with Crippen LogP contribution in [0.5, 0.6) is 0 Å². The molecule has 2 rings (SSSR count). The maximum atomic E-state index is 11.8. The molecule has 0 spiro atoms. The van der Waals surface area contributed by atoms with Gasteiger partial charge < -0.3 is 15.0 Å². The standard InChI is InChI=1S/C18H25N3O2/c1-6-14-11-13(2)12-19-16(14)21-9-7-15(8-10-21)20-17(22)23-18(3,4)5/h1,11-12,15H,7-10H2,2-5H3,(H,20,22). The van der Waals surface area contributed by atoms with Crippen LogP contribution in [0.4, 0.5) is 10.6 Å². The number of hydrogen-bond donors (Lipinski definition) is 1. The van der Waals surface area contributed by atoms with Crippen LogP contribution >= 0.6 is 0 Å². The predicted molar refractivity (Wildman–Crippen MR) is 91.5 cm³/mol. The number of alkyl carbamates (subject to hydrolysis) is 1. The summed E-state index contributed by atoms with van der Waals surface area (Å²) in [4.78, 5) is 18.5. The molecule has 0 atom stereocenters. The van der Waals surface area contributed by atoms with Gasteiger partial charge in [0.05, 0.1) is 5.56 Å². The van der Waals surface area contributed by atoms with Crippen molar-refractivity contribution in [3.63, 3.8) is 0 Å². The van der Waals surface area contributed by atoms with Gasteiger partial charge in [0.2, 0.25) is 0 Å². The fraction of sp³-hybridized carbons (Fsp3) is 0.556. The third kappa shape index (κ3) is 4.88. The summed E-state index contributed by atoms with van der Waals surface area (Å²) in [6.45, 7) is 9.18. The summed E-state index contributed by atoms with van der Waals surface area (Å²) in [6.07, 6.45) is 8.76. The lowest BCUT2D eigenvalue weighted by molar-refractivity contribution is 0.0497. The lowest BCUT2D eigenvalue weighted by Crippen LogP contribution is -2.46. The summed E-state index contributed by atoms with van der Waals surface area (Å²) in [5.74, 6) is 3.56. The minimum atomic E-state index is -0.474. The topological polar surface area (TPSA) is 54.5 Å². The van der Waals surface area contributed by atoms with Crippen molar-refractivity contribution in [1.82, 2.24) is 10.3 Å². The van der Waals surface area contributed by atoms with Crippen LogP contribution in [-0.4, -0.2) is 35.8 Å². The Balaban J connectivity index is 1.92. The smallest absolute Gasteiger partial charge is 0.407 e. The van der Waals surface area contributed by atoms with E-state index in [2.05, 4.69) is 21.1 Å². The molecule has 1 aromatic rings. The first-order valence-corrected chi connectivity index (χ1v) is 7.96. The largest absolute Gasteiger partial charge is 0.444 e. The fourth-order valence-corrected chi connectivity index (χ4v) is 2.63. The van der Waals surface area contributed by atoms with E-state index in [1.807, 2.05) is 40.0 Å². The fourth-order valence-electron chi connectivity index (χ4n) is 2.63. The van der Waals surface area contributed by atoms with E-state index in [0.717, 1.165) is 42.9 Å². The highest BCUT2D eigenvalue weighted by atomic mass is 16.6. The van der Waals surface area contributed by atoms with E-state index < -0.39 is 5.60 Å². The molecule has 1 N–H and O–H groups in total. The maximum absolute atomic E-state index is 11.8. The summed E-state index contributed by atoms with van der Waals surface area (Å²) in [5, 5.41) is 2.94. The number of carbonyl (C=O) groups is 1. The number of rotatable bonds is 2. The highest BCUT2D eigenvalue weighted by Gasteiger charge is 2.25. The van der Waals surface area contributed by atoms with Crippen molar-refractivity contribution >= 4 is 11.9 Å². The number of nitrogens with zero attached hydrogens (tertiary/aromatic N) is 2. The number of pyridine rings is 1. The molecule has 1 aliphatic rings. The third-order valence-corrected chi connectivity index (χ3v) is 3.67. The summed E-state index contributed by atoms with van der Waals surface area (Å²) >= 11 is 0. The minimum Gasteiger partial charge on any atom is -0.444 e. The van der Waals surface area contributed by atoms with Crippen molar-refractivity contribution in [2.45, 2.75) is 52.2 Å². The van der Waals surface area contributed by atoms with E-state index in [-0.39, 0.29) is 12.1 Å². The Labute approximate surface area is 138 Å². The average molecular weight is 315 g/mol. The first kappa shape index (κ1) is 17.1. The van der Waals surface area contributed by atoms with Crippen LogP contribution < -0.4 is 10.2 Å². The van der Waals surface area contributed by atoms with E-state index in [0.29, 0.717) is 0 Å². The van der Waals surface area contributed by atoms with Gasteiger partial charge >= 0.3 is 6.09 Å². The van der Waals surface area contributed by atoms with E-state index in [1.165, 1.54) is 0 Å². The van der Waals surface area contributed by atoms with Crippen molar-refractivity contribution in [3.05, 3.63) is 23.4 Å². The molecule has 1 fully saturated rings. The van der Waals surface area contributed by atoms with Crippen LogP contribution in [0.15, 0.2) is 12.3 Å². The zero-order chi connectivity index (χ0) is 17.0. The van der Waals surface area contributed by atoms with Gasteiger partial charge in [-0.1, -0.05) is 5.92 Å². The normalized spacial score (nSPS) is 15.9. The van der Waals surface area contributed by atoms with Gasteiger partial charge in [-0.3, -0.25) is 0 Å². The van der Waals surface area contributed by atoms with Gasteiger partial charge in [-0.25, -0.2) is 9.78 Å². The Bertz CT molecular complexity index is 606. The van der Waals surface area contributed by atoms with Crippen LogP contribution in [0, 0.1) is 19.3 Å². The highest BCUT2D eigenvalue weighted by molar-refractivity contribution is 5.68. The summed E-state index contributed by atoms with van der Waals surface area (Å²) in [5.41, 5.74) is 1.41. The van der Waals surface area contributed by atoms with Gasteiger partial charge in [-0.2, -0.15) is 0 Å². The van der Waals surface area contributed by atoms with Crippen molar-refractivity contribution < 1.29 is 9.53 Å². The number of terminal acetylenes is 1. The quantitative estimate of drug-likeness (QED) is 0.853. The van der Waals surface area contributed by atoms with Gasteiger partial charge in [-0.05, 0) is 52.2 Å². The first-order chi connectivity index (χ1) is 10.8.